The number of benzene rings is 2. The van der Waals surface area contributed by atoms with E-state index in [0.717, 1.165) is 25.9 Å². The standard InChI is InChI=1S/C23H24N6O5S/c1-16-9-13-28(14-10-16)20-8-3-17(15-21(20)29(31)32)22(30)26-18-4-6-19(7-5-18)35(33,34)27-23-24-11-2-12-25-23/h2-8,11-12,15-16H,9-10,13-14H2,1H3,(H,26,30)(H,24,25,27). The van der Waals surface area contributed by atoms with Crippen LogP contribution in [0.5, 0.6) is 0 Å². The third kappa shape index (κ3) is 5.72. The lowest BCUT2D eigenvalue weighted by Gasteiger charge is -2.31. The summed E-state index contributed by atoms with van der Waals surface area (Å²) < 4.78 is 27.3. The summed E-state index contributed by atoms with van der Waals surface area (Å²) in [5.74, 6) is -0.0218. The average molecular weight is 497 g/mol. The Morgan fingerprint density at radius 3 is 2.37 bits per heavy atom. The number of anilines is 3. The van der Waals surface area contributed by atoms with Crippen LogP contribution in [0, 0.1) is 16.0 Å². The number of nitrogens with one attached hydrogen (secondary N) is 2. The van der Waals surface area contributed by atoms with Crippen LogP contribution in [0.15, 0.2) is 65.8 Å². The van der Waals surface area contributed by atoms with Crippen LogP contribution in [0.4, 0.5) is 23.0 Å². The van der Waals surface area contributed by atoms with Crippen molar-refractivity contribution in [3.8, 4) is 0 Å². The van der Waals surface area contributed by atoms with E-state index in [-0.39, 0.29) is 22.1 Å². The molecular formula is C23H24N6O5S. The van der Waals surface area contributed by atoms with E-state index in [9.17, 15) is 23.3 Å². The Labute approximate surface area is 202 Å². The van der Waals surface area contributed by atoms with Gasteiger partial charge in [-0.25, -0.2) is 23.1 Å². The lowest BCUT2D eigenvalue weighted by molar-refractivity contribution is -0.384. The molecule has 0 aliphatic carbocycles. The van der Waals surface area contributed by atoms with Gasteiger partial charge in [0.25, 0.3) is 21.6 Å². The van der Waals surface area contributed by atoms with Crippen molar-refractivity contribution in [3.05, 3.63) is 76.6 Å². The second-order valence-electron chi connectivity index (χ2n) is 8.29. The number of nitro benzene ring substituents is 1. The number of piperidine rings is 1. The predicted molar refractivity (Wildman–Crippen MR) is 131 cm³/mol. The minimum Gasteiger partial charge on any atom is -0.366 e. The van der Waals surface area contributed by atoms with Crippen LogP contribution >= 0.6 is 0 Å². The van der Waals surface area contributed by atoms with Crippen molar-refractivity contribution in [2.75, 3.05) is 28.0 Å². The highest BCUT2D eigenvalue weighted by Crippen LogP contribution is 2.32. The summed E-state index contributed by atoms with van der Waals surface area (Å²) >= 11 is 0. The predicted octanol–water partition coefficient (Wildman–Crippen LogP) is 3.67. The smallest absolute Gasteiger partial charge is 0.293 e. The van der Waals surface area contributed by atoms with Crippen LogP contribution in [0.2, 0.25) is 0 Å². The summed E-state index contributed by atoms with van der Waals surface area (Å²) in [5, 5.41) is 14.3. The minimum absolute atomic E-state index is 0.0428. The first-order valence-corrected chi connectivity index (χ1v) is 12.5. The largest absolute Gasteiger partial charge is 0.366 e. The highest BCUT2D eigenvalue weighted by atomic mass is 32.2. The molecule has 0 bridgehead atoms. The number of sulfonamides is 1. The van der Waals surface area contributed by atoms with Gasteiger partial charge in [-0.3, -0.25) is 14.9 Å². The Morgan fingerprint density at radius 2 is 1.74 bits per heavy atom. The van der Waals surface area contributed by atoms with Crippen LogP contribution in [0.25, 0.3) is 0 Å². The summed E-state index contributed by atoms with van der Waals surface area (Å²) in [4.78, 5) is 33.6. The fourth-order valence-corrected chi connectivity index (χ4v) is 4.74. The van der Waals surface area contributed by atoms with Crippen LogP contribution in [-0.2, 0) is 10.0 Å². The van der Waals surface area contributed by atoms with E-state index in [0.29, 0.717) is 17.3 Å². The lowest BCUT2D eigenvalue weighted by atomic mass is 9.98. The first-order chi connectivity index (χ1) is 16.7. The first kappa shape index (κ1) is 24.1. The highest BCUT2D eigenvalue weighted by molar-refractivity contribution is 7.92. The number of hydrogen-bond acceptors (Lipinski definition) is 8. The molecule has 1 aliphatic heterocycles. The molecule has 0 radical (unpaired) electrons. The summed E-state index contributed by atoms with van der Waals surface area (Å²) in [6.07, 6.45) is 4.73. The summed E-state index contributed by atoms with van der Waals surface area (Å²) in [5.41, 5.74) is 0.845. The summed E-state index contributed by atoms with van der Waals surface area (Å²) in [6.45, 7) is 3.62. The van der Waals surface area contributed by atoms with Crippen molar-refractivity contribution in [1.29, 1.82) is 0 Å². The SMILES string of the molecule is CC1CCN(c2ccc(C(=O)Nc3ccc(S(=O)(=O)Nc4ncccn4)cc3)cc2[N+](=O)[O-])CC1. The van der Waals surface area contributed by atoms with Crippen molar-refractivity contribution < 1.29 is 18.1 Å². The van der Waals surface area contributed by atoms with Crippen LogP contribution < -0.4 is 14.9 Å². The number of rotatable bonds is 7. The molecule has 0 unspecified atom stereocenters. The molecule has 12 heteroatoms. The second-order valence-corrected chi connectivity index (χ2v) is 9.97. The van der Waals surface area contributed by atoms with Gasteiger partial charge in [-0.1, -0.05) is 6.92 Å². The number of nitro groups is 1. The van der Waals surface area contributed by atoms with Gasteiger partial charge < -0.3 is 10.2 Å². The summed E-state index contributed by atoms with van der Waals surface area (Å²) in [7, 11) is -3.91. The molecule has 4 rings (SSSR count). The maximum absolute atomic E-state index is 12.7. The van der Waals surface area contributed by atoms with Crippen LogP contribution in [0.3, 0.4) is 0 Å². The highest BCUT2D eigenvalue weighted by Gasteiger charge is 2.25. The normalized spacial score (nSPS) is 14.4. The number of nitrogens with zero attached hydrogens (tertiary/aromatic N) is 4. The number of hydrogen-bond donors (Lipinski definition) is 2. The third-order valence-electron chi connectivity index (χ3n) is 5.77. The van der Waals surface area contributed by atoms with E-state index < -0.39 is 20.9 Å². The Kier molecular flexibility index (Phi) is 6.92. The van der Waals surface area contributed by atoms with Gasteiger partial charge in [0, 0.05) is 42.8 Å². The van der Waals surface area contributed by atoms with Crippen LogP contribution in [-0.4, -0.2) is 42.3 Å². The number of amides is 1. The molecule has 1 aliphatic rings. The van der Waals surface area contributed by atoms with Gasteiger partial charge in [-0.05, 0) is 61.2 Å². The quantitative estimate of drug-likeness (QED) is 0.372. The van der Waals surface area contributed by atoms with Gasteiger partial charge in [0.1, 0.15) is 5.69 Å². The monoisotopic (exact) mass is 496 g/mol. The van der Waals surface area contributed by atoms with E-state index in [1.807, 2.05) is 4.90 Å². The Hall–Kier alpha value is -4.06. The maximum Gasteiger partial charge on any atom is 0.293 e. The van der Waals surface area contributed by atoms with Gasteiger partial charge in [0.2, 0.25) is 5.95 Å². The molecule has 2 aromatic carbocycles. The van der Waals surface area contributed by atoms with E-state index >= 15 is 0 Å². The molecular weight excluding hydrogens is 472 g/mol. The molecule has 0 saturated carbocycles. The average Bonchev–Trinajstić information content (AvgIpc) is 2.85. The van der Waals surface area contributed by atoms with Gasteiger partial charge in [0.15, 0.2) is 0 Å². The molecule has 3 aromatic rings. The zero-order valence-electron chi connectivity index (χ0n) is 18.9. The van der Waals surface area contributed by atoms with Gasteiger partial charge in [-0.2, -0.15) is 0 Å². The fraction of sp³-hybridized carbons (Fsp3) is 0.261. The minimum atomic E-state index is -3.91. The van der Waals surface area contributed by atoms with E-state index in [1.54, 1.807) is 18.2 Å². The van der Waals surface area contributed by atoms with Crippen molar-refractivity contribution in [3.63, 3.8) is 0 Å². The topological polar surface area (TPSA) is 147 Å². The number of aromatic nitrogens is 2. The van der Waals surface area contributed by atoms with E-state index in [4.69, 9.17) is 0 Å². The third-order valence-corrected chi connectivity index (χ3v) is 7.12. The van der Waals surface area contributed by atoms with E-state index in [1.165, 1.54) is 42.7 Å². The molecule has 2 heterocycles. The Balaban J connectivity index is 1.47. The second kappa shape index (κ2) is 10.1. The Morgan fingerprint density at radius 1 is 1.09 bits per heavy atom. The van der Waals surface area contributed by atoms with Crippen molar-refractivity contribution >= 4 is 38.9 Å². The van der Waals surface area contributed by atoms with Crippen molar-refractivity contribution in [2.45, 2.75) is 24.7 Å². The molecule has 182 valence electrons. The summed E-state index contributed by atoms with van der Waals surface area (Å²) in [6, 6.07) is 11.5. The molecule has 1 amide bonds. The van der Waals surface area contributed by atoms with Crippen molar-refractivity contribution in [1.82, 2.24) is 9.97 Å². The van der Waals surface area contributed by atoms with Gasteiger partial charge in [0.05, 0.1) is 9.82 Å². The fourth-order valence-electron chi connectivity index (χ4n) is 3.78. The molecule has 1 saturated heterocycles. The van der Waals surface area contributed by atoms with Crippen LogP contribution in [0.1, 0.15) is 30.1 Å². The zero-order chi connectivity index (χ0) is 25.0. The number of carbonyl (C=O) groups excluding carboxylic acids is 1. The maximum atomic E-state index is 12.7. The lowest BCUT2D eigenvalue weighted by Crippen LogP contribution is -2.33. The Bertz CT molecular complexity index is 1320. The first-order valence-electron chi connectivity index (χ1n) is 11.0. The molecule has 2 N–H and O–H groups in total. The molecule has 35 heavy (non-hydrogen) atoms. The molecule has 11 nitrogen and oxygen atoms in total. The van der Waals surface area contributed by atoms with E-state index in [2.05, 4.69) is 26.9 Å². The molecule has 1 aromatic heterocycles. The zero-order valence-corrected chi connectivity index (χ0v) is 19.7. The molecule has 1 fully saturated rings. The van der Waals surface area contributed by atoms with Gasteiger partial charge >= 0.3 is 0 Å². The molecule has 0 spiro atoms. The number of carbonyl (C=O) groups is 1. The van der Waals surface area contributed by atoms with Crippen molar-refractivity contribution in [2.24, 2.45) is 5.92 Å². The van der Waals surface area contributed by atoms with Gasteiger partial charge in [-0.15, -0.1) is 0 Å². The molecule has 0 atom stereocenters.